The third-order valence-electron chi connectivity index (χ3n) is 4.17. The third kappa shape index (κ3) is 8.89. The van der Waals surface area contributed by atoms with E-state index in [1.165, 1.54) is 12.0 Å². The molecule has 1 aromatic carbocycles. The number of hydrogen-bond acceptors (Lipinski definition) is 3. The summed E-state index contributed by atoms with van der Waals surface area (Å²) in [6.45, 7) is 7.05. The summed E-state index contributed by atoms with van der Waals surface area (Å²) in [7, 11) is 0. The first-order valence-electron chi connectivity index (χ1n) is 9.64. The molecule has 0 saturated carbocycles. The fourth-order valence-electron chi connectivity index (χ4n) is 2.83. The fraction of sp³-hybridized carbons (Fsp3) is 0.650. The quantitative estimate of drug-likeness (QED) is 0.367. The van der Waals surface area contributed by atoms with Gasteiger partial charge in [0.1, 0.15) is 0 Å². The van der Waals surface area contributed by atoms with Crippen molar-refractivity contribution in [1.82, 2.24) is 10.6 Å². The van der Waals surface area contributed by atoms with Gasteiger partial charge in [-0.15, -0.1) is 0 Å². The normalized spacial score (nSPS) is 17.6. The molecule has 0 spiro atoms. The molecule has 1 fully saturated rings. The number of benzene rings is 1. The molecule has 0 aromatic heterocycles. The maximum atomic E-state index is 5.68. The molecule has 140 valence electrons. The predicted octanol–water partition coefficient (Wildman–Crippen LogP) is 2.76. The van der Waals surface area contributed by atoms with Gasteiger partial charge in [-0.1, -0.05) is 30.3 Å². The van der Waals surface area contributed by atoms with E-state index >= 15 is 0 Å². The zero-order chi connectivity index (χ0) is 17.6. The molecule has 0 radical (unpaired) electrons. The molecule has 1 atom stereocenters. The minimum Gasteiger partial charge on any atom is -0.379 e. The third-order valence-corrected chi connectivity index (χ3v) is 4.17. The monoisotopic (exact) mass is 347 g/mol. The van der Waals surface area contributed by atoms with Crippen LogP contribution in [0.25, 0.3) is 0 Å². The number of aliphatic imine (C=N–C) groups is 1. The smallest absolute Gasteiger partial charge is 0.191 e. The van der Waals surface area contributed by atoms with Gasteiger partial charge < -0.3 is 20.1 Å². The van der Waals surface area contributed by atoms with Crippen molar-refractivity contribution in [2.24, 2.45) is 4.99 Å². The van der Waals surface area contributed by atoms with Crippen molar-refractivity contribution >= 4 is 5.96 Å². The van der Waals surface area contributed by atoms with Gasteiger partial charge in [-0.25, -0.2) is 0 Å². The van der Waals surface area contributed by atoms with E-state index in [9.17, 15) is 0 Å². The lowest BCUT2D eigenvalue weighted by molar-refractivity contribution is 0.0168. The van der Waals surface area contributed by atoms with E-state index in [-0.39, 0.29) is 0 Å². The Labute approximate surface area is 152 Å². The van der Waals surface area contributed by atoms with E-state index in [1.807, 2.05) is 0 Å². The van der Waals surface area contributed by atoms with Gasteiger partial charge >= 0.3 is 0 Å². The van der Waals surface area contributed by atoms with Crippen LogP contribution in [0, 0.1) is 0 Å². The summed E-state index contributed by atoms with van der Waals surface area (Å²) in [5.41, 5.74) is 1.37. The highest BCUT2D eigenvalue weighted by molar-refractivity contribution is 5.79. The second kappa shape index (κ2) is 12.7. The zero-order valence-corrected chi connectivity index (χ0v) is 15.5. The minimum atomic E-state index is 0.316. The van der Waals surface area contributed by atoms with E-state index in [2.05, 4.69) is 52.9 Å². The lowest BCUT2D eigenvalue weighted by Gasteiger charge is -2.12. The number of ether oxygens (including phenoxy) is 2. The largest absolute Gasteiger partial charge is 0.379 e. The van der Waals surface area contributed by atoms with Crippen LogP contribution in [0.1, 0.15) is 38.2 Å². The summed E-state index contributed by atoms with van der Waals surface area (Å²) >= 11 is 0. The first kappa shape index (κ1) is 19.7. The molecule has 0 bridgehead atoms. The lowest BCUT2D eigenvalue weighted by atomic mass is 10.1. The van der Waals surface area contributed by atoms with Gasteiger partial charge in [0.05, 0.1) is 12.7 Å². The van der Waals surface area contributed by atoms with Gasteiger partial charge in [0.15, 0.2) is 5.96 Å². The van der Waals surface area contributed by atoms with Gasteiger partial charge in [-0.05, 0) is 44.6 Å². The highest BCUT2D eigenvalue weighted by Crippen LogP contribution is 2.11. The van der Waals surface area contributed by atoms with Gasteiger partial charge in [-0.3, -0.25) is 4.99 Å². The Kier molecular flexibility index (Phi) is 10.0. The second-order valence-corrected chi connectivity index (χ2v) is 6.34. The maximum Gasteiger partial charge on any atom is 0.191 e. The van der Waals surface area contributed by atoms with Crippen molar-refractivity contribution in [1.29, 1.82) is 0 Å². The van der Waals surface area contributed by atoms with Crippen molar-refractivity contribution in [3.63, 3.8) is 0 Å². The van der Waals surface area contributed by atoms with Gasteiger partial charge in [0.2, 0.25) is 0 Å². The molecule has 1 aromatic rings. The second-order valence-electron chi connectivity index (χ2n) is 6.34. The first-order valence-corrected chi connectivity index (χ1v) is 9.64. The average Bonchev–Trinajstić information content (AvgIpc) is 3.16. The summed E-state index contributed by atoms with van der Waals surface area (Å²) < 4.78 is 11.2. The molecule has 1 aliphatic heterocycles. The van der Waals surface area contributed by atoms with Crippen LogP contribution in [-0.2, 0) is 15.9 Å². The van der Waals surface area contributed by atoms with Crippen LogP contribution in [0.2, 0.25) is 0 Å². The van der Waals surface area contributed by atoms with Crippen LogP contribution in [0.5, 0.6) is 0 Å². The highest BCUT2D eigenvalue weighted by Gasteiger charge is 2.14. The average molecular weight is 348 g/mol. The number of aryl methyl sites for hydroxylation is 1. The SMILES string of the molecule is CCNC(=NCCCc1ccccc1)NCCCOCC1CCCO1. The summed E-state index contributed by atoms with van der Waals surface area (Å²) in [6, 6.07) is 10.6. The van der Waals surface area contributed by atoms with Crippen LogP contribution in [0.15, 0.2) is 35.3 Å². The molecule has 2 rings (SSSR count). The number of nitrogens with zero attached hydrogens (tertiary/aromatic N) is 1. The van der Waals surface area contributed by atoms with E-state index in [4.69, 9.17) is 9.47 Å². The Morgan fingerprint density at radius 2 is 2.12 bits per heavy atom. The standard InChI is InChI=1S/C20H33N3O2/c1-2-21-20(22-13-6-11-18-9-4-3-5-10-18)23-14-8-15-24-17-19-12-7-16-25-19/h3-5,9-10,19H,2,6-8,11-17H2,1H3,(H2,21,22,23). The van der Waals surface area contributed by atoms with Crippen LogP contribution >= 0.6 is 0 Å². The molecular weight excluding hydrogens is 314 g/mol. The highest BCUT2D eigenvalue weighted by atomic mass is 16.5. The summed E-state index contributed by atoms with van der Waals surface area (Å²) in [5.74, 6) is 0.898. The van der Waals surface area contributed by atoms with Crippen molar-refractivity contribution < 1.29 is 9.47 Å². The first-order chi connectivity index (χ1) is 12.4. The van der Waals surface area contributed by atoms with Crippen molar-refractivity contribution in [2.45, 2.75) is 45.1 Å². The Hall–Kier alpha value is -1.59. The Bertz CT molecular complexity index is 473. The summed E-state index contributed by atoms with van der Waals surface area (Å²) in [6.07, 6.45) is 5.73. The van der Waals surface area contributed by atoms with E-state index in [1.54, 1.807) is 0 Å². The molecule has 0 amide bonds. The van der Waals surface area contributed by atoms with Gasteiger partial charge in [0, 0.05) is 32.8 Å². The number of hydrogen-bond donors (Lipinski definition) is 2. The van der Waals surface area contributed by atoms with Crippen LogP contribution in [0.3, 0.4) is 0 Å². The molecule has 5 nitrogen and oxygen atoms in total. The van der Waals surface area contributed by atoms with E-state index < -0.39 is 0 Å². The van der Waals surface area contributed by atoms with E-state index in [0.29, 0.717) is 6.10 Å². The molecule has 5 heteroatoms. The lowest BCUT2D eigenvalue weighted by Crippen LogP contribution is -2.38. The minimum absolute atomic E-state index is 0.316. The molecule has 1 heterocycles. The van der Waals surface area contributed by atoms with Crippen molar-refractivity contribution in [2.75, 3.05) is 39.5 Å². The Balaban J connectivity index is 1.53. The van der Waals surface area contributed by atoms with Crippen LogP contribution in [-0.4, -0.2) is 51.5 Å². The Morgan fingerprint density at radius 3 is 2.88 bits per heavy atom. The fourth-order valence-corrected chi connectivity index (χ4v) is 2.83. The number of nitrogens with one attached hydrogen (secondary N) is 2. The molecule has 25 heavy (non-hydrogen) atoms. The molecule has 1 unspecified atom stereocenters. The van der Waals surface area contributed by atoms with Crippen LogP contribution < -0.4 is 10.6 Å². The molecular formula is C20H33N3O2. The summed E-state index contributed by atoms with van der Waals surface area (Å²) in [4.78, 5) is 4.64. The van der Waals surface area contributed by atoms with Gasteiger partial charge in [0.25, 0.3) is 0 Å². The molecule has 1 saturated heterocycles. The van der Waals surface area contributed by atoms with Crippen LogP contribution in [0.4, 0.5) is 0 Å². The van der Waals surface area contributed by atoms with Crippen molar-refractivity contribution in [3.8, 4) is 0 Å². The van der Waals surface area contributed by atoms with Gasteiger partial charge in [-0.2, -0.15) is 0 Å². The molecule has 0 aliphatic carbocycles. The Morgan fingerprint density at radius 1 is 1.24 bits per heavy atom. The number of rotatable bonds is 11. The topological polar surface area (TPSA) is 54.9 Å². The van der Waals surface area contributed by atoms with E-state index in [0.717, 1.165) is 71.1 Å². The molecule has 1 aliphatic rings. The summed E-state index contributed by atoms with van der Waals surface area (Å²) in [5, 5.41) is 6.67. The molecule has 2 N–H and O–H groups in total. The van der Waals surface area contributed by atoms with Crippen molar-refractivity contribution in [3.05, 3.63) is 35.9 Å². The predicted molar refractivity (Wildman–Crippen MR) is 103 cm³/mol. The maximum absolute atomic E-state index is 5.68. The zero-order valence-electron chi connectivity index (χ0n) is 15.5. The number of guanidine groups is 1.